The van der Waals surface area contributed by atoms with Crippen molar-refractivity contribution in [2.45, 2.75) is 38.9 Å². The molecule has 0 aliphatic carbocycles. The van der Waals surface area contributed by atoms with E-state index in [4.69, 9.17) is 9.52 Å². The van der Waals surface area contributed by atoms with Gasteiger partial charge in [0.05, 0.1) is 6.54 Å². The molecule has 2 heterocycles. The molecule has 4 rings (SSSR count). The molecule has 1 fully saturated rings. The van der Waals surface area contributed by atoms with Gasteiger partial charge in [0.25, 0.3) is 0 Å². The number of guanidine groups is 1. The minimum atomic E-state index is 0.432. The van der Waals surface area contributed by atoms with Crippen molar-refractivity contribution in [3.8, 4) is 11.3 Å². The highest BCUT2D eigenvalue weighted by molar-refractivity contribution is 5.80. The summed E-state index contributed by atoms with van der Waals surface area (Å²) in [5, 5.41) is 11.1. The van der Waals surface area contributed by atoms with Gasteiger partial charge in [0.2, 0.25) is 0 Å². The third-order valence-corrected chi connectivity index (χ3v) is 5.54. The van der Waals surface area contributed by atoms with Crippen LogP contribution in [0.3, 0.4) is 0 Å². The summed E-state index contributed by atoms with van der Waals surface area (Å²) < 4.78 is 5.49. The Morgan fingerprint density at radius 1 is 1.06 bits per heavy atom. The standard InChI is InChI=1S/C25H31N5O/c1-2-26-25(27-18-23-17-24(31-29-23)21-11-7-4-8-12-21)28-22-13-15-30(16-14-22)19-20-9-5-3-6-10-20/h3-12,17,22H,2,13-16,18-19H2,1H3,(H2,26,27,28). The molecular weight excluding hydrogens is 386 g/mol. The van der Waals surface area contributed by atoms with Crippen LogP contribution in [0.5, 0.6) is 0 Å². The second-order valence-electron chi connectivity index (χ2n) is 7.92. The third kappa shape index (κ3) is 6.18. The number of benzene rings is 2. The lowest BCUT2D eigenvalue weighted by Gasteiger charge is -2.33. The molecule has 0 saturated carbocycles. The van der Waals surface area contributed by atoms with Crippen molar-refractivity contribution in [3.05, 3.63) is 78.0 Å². The molecule has 3 aromatic rings. The minimum Gasteiger partial charge on any atom is -0.357 e. The first-order valence-electron chi connectivity index (χ1n) is 11.1. The maximum absolute atomic E-state index is 5.49. The molecule has 0 unspecified atom stereocenters. The highest BCUT2D eigenvalue weighted by Gasteiger charge is 2.20. The van der Waals surface area contributed by atoms with Crippen LogP contribution in [0.15, 0.2) is 76.2 Å². The van der Waals surface area contributed by atoms with Crippen LogP contribution < -0.4 is 10.6 Å². The van der Waals surface area contributed by atoms with Crippen LogP contribution >= 0.6 is 0 Å². The molecule has 1 aliphatic rings. The van der Waals surface area contributed by atoms with Gasteiger partial charge in [-0.25, -0.2) is 4.99 Å². The second-order valence-corrected chi connectivity index (χ2v) is 7.92. The summed E-state index contributed by atoms with van der Waals surface area (Å²) in [6, 6.07) is 23.1. The van der Waals surface area contributed by atoms with Crippen LogP contribution in [0.2, 0.25) is 0 Å². The SMILES string of the molecule is CCNC(=NCc1cc(-c2ccccc2)on1)NC1CCN(Cc2ccccc2)CC1. The molecule has 162 valence electrons. The summed E-state index contributed by atoms with van der Waals surface area (Å²) in [7, 11) is 0. The van der Waals surface area contributed by atoms with E-state index in [1.807, 2.05) is 36.4 Å². The zero-order chi connectivity index (χ0) is 21.3. The lowest BCUT2D eigenvalue weighted by molar-refractivity contribution is 0.198. The maximum atomic E-state index is 5.49. The molecule has 0 spiro atoms. The van der Waals surface area contributed by atoms with Gasteiger partial charge >= 0.3 is 0 Å². The van der Waals surface area contributed by atoms with E-state index in [0.29, 0.717) is 12.6 Å². The summed E-state index contributed by atoms with van der Waals surface area (Å²) in [4.78, 5) is 7.26. The van der Waals surface area contributed by atoms with Gasteiger partial charge in [-0.15, -0.1) is 0 Å². The zero-order valence-electron chi connectivity index (χ0n) is 18.1. The van der Waals surface area contributed by atoms with Crippen LogP contribution in [0, 0.1) is 0 Å². The smallest absolute Gasteiger partial charge is 0.191 e. The van der Waals surface area contributed by atoms with Crippen molar-refractivity contribution in [2.24, 2.45) is 4.99 Å². The van der Waals surface area contributed by atoms with Crippen molar-refractivity contribution in [1.29, 1.82) is 0 Å². The van der Waals surface area contributed by atoms with Crippen LogP contribution in [0.1, 0.15) is 31.0 Å². The van der Waals surface area contributed by atoms with Crippen molar-refractivity contribution < 1.29 is 4.52 Å². The fourth-order valence-electron chi connectivity index (χ4n) is 3.88. The summed E-state index contributed by atoms with van der Waals surface area (Å²) in [6.45, 7) is 6.61. The van der Waals surface area contributed by atoms with Crippen LogP contribution in [0.25, 0.3) is 11.3 Å². The van der Waals surface area contributed by atoms with Gasteiger partial charge in [-0.3, -0.25) is 4.90 Å². The Balaban J connectivity index is 1.29. The summed E-state index contributed by atoms with van der Waals surface area (Å²) in [5.74, 6) is 1.61. The summed E-state index contributed by atoms with van der Waals surface area (Å²) in [6.07, 6.45) is 2.22. The summed E-state index contributed by atoms with van der Waals surface area (Å²) >= 11 is 0. The fourth-order valence-corrected chi connectivity index (χ4v) is 3.88. The van der Waals surface area contributed by atoms with E-state index in [0.717, 1.165) is 62.0 Å². The molecule has 0 atom stereocenters. The Kier molecular flexibility index (Phi) is 7.34. The molecule has 1 saturated heterocycles. The number of aromatic nitrogens is 1. The molecule has 0 bridgehead atoms. The average molecular weight is 418 g/mol. The van der Waals surface area contributed by atoms with Crippen LogP contribution in [-0.4, -0.2) is 41.7 Å². The van der Waals surface area contributed by atoms with Gasteiger partial charge in [0, 0.05) is 43.9 Å². The number of nitrogens with zero attached hydrogens (tertiary/aromatic N) is 3. The van der Waals surface area contributed by atoms with Gasteiger partial charge in [-0.1, -0.05) is 65.8 Å². The van der Waals surface area contributed by atoms with E-state index < -0.39 is 0 Å². The number of hydrogen-bond acceptors (Lipinski definition) is 4. The monoisotopic (exact) mass is 417 g/mol. The van der Waals surface area contributed by atoms with E-state index >= 15 is 0 Å². The molecule has 2 aromatic carbocycles. The van der Waals surface area contributed by atoms with Crippen molar-refractivity contribution in [1.82, 2.24) is 20.7 Å². The molecule has 6 heteroatoms. The van der Waals surface area contributed by atoms with E-state index in [1.165, 1.54) is 5.56 Å². The number of rotatable bonds is 7. The molecule has 1 aromatic heterocycles. The van der Waals surface area contributed by atoms with E-state index in [1.54, 1.807) is 0 Å². The van der Waals surface area contributed by atoms with E-state index in [-0.39, 0.29) is 0 Å². The number of hydrogen-bond donors (Lipinski definition) is 2. The second kappa shape index (κ2) is 10.8. The normalized spacial score (nSPS) is 15.7. The van der Waals surface area contributed by atoms with Crippen molar-refractivity contribution in [2.75, 3.05) is 19.6 Å². The molecule has 6 nitrogen and oxygen atoms in total. The number of likely N-dealkylation sites (tertiary alicyclic amines) is 1. The predicted molar refractivity (Wildman–Crippen MR) is 125 cm³/mol. The summed E-state index contributed by atoms with van der Waals surface area (Å²) in [5.41, 5.74) is 3.23. The minimum absolute atomic E-state index is 0.432. The van der Waals surface area contributed by atoms with Gasteiger partial charge in [-0.2, -0.15) is 0 Å². The van der Waals surface area contributed by atoms with Crippen molar-refractivity contribution in [3.63, 3.8) is 0 Å². The first-order chi connectivity index (χ1) is 15.3. The first-order valence-corrected chi connectivity index (χ1v) is 11.1. The Morgan fingerprint density at radius 2 is 1.77 bits per heavy atom. The van der Waals surface area contributed by atoms with E-state index in [2.05, 4.69) is 57.9 Å². The molecule has 31 heavy (non-hydrogen) atoms. The third-order valence-electron chi connectivity index (χ3n) is 5.54. The van der Waals surface area contributed by atoms with Crippen LogP contribution in [-0.2, 0) is 13.1 Å². The van der Waals surface area contributed by atoms with E-state index in [9.17, 15) is 0 Å². The zero-order valence-corrected chi connectivity index (χ0v) is 18.1. The molecular formula is C25H31N5O. The Bertz CT molecular complexity index is 946. The number of nitrogens with one attached hydrogen (secondary N) is 2. The lowest BCUT2D eigenvalue weighted by Crippen LogP contribution is -2.48. The van der Waals surface area contributed by atoms with Gasteiger partial charge in [0.15, 0.2) is 11.7 Å². The van der Waals surface area contributed by atoms with Crippen molar-refractivity contribution >= 4 is 5.96 Å². The molecule has 2 N–H and O–H groups in total. The largest absolute Gasteiger partial charge is 0.357 e. The Labute approximate surface area is 184 Å². The quantitative estimate of drug-likeness (QED) is 0.448. The Hall–Kier alpha value is -3.12. The molecule has 0 radical (unpaired) electrons. The molecule has 1 aliphatic heterocycles. The van der Waals surface area contributed by atoms with Crippen LogP contribution in [0.4, 0.5) is 0 Å². The Morgan fingerprint density at radius 3 is 2.48 bits per heavy atom. The highest BCUT2D eigenvalue weighted by Crippen LogP contribution is 2.20. The van der Waals surface area contributed by atoms with Gasteiger partial charge in [0.1, 0.15) is 5.69 Å². The molecule has 0 amide bonds. The van der Waals surface area contributed by atoms with Gasteiger partial charge < -0.3 is 15.2 Å². The predicted octanol–water partition coefficient (Wildman–Crippen LogP) is 4.06. The number of aliphatic imine (C=N–C) groups is 1. The lowest BCUT2D eigenvalue weighted by atomic mass is 10.0. The topological polar surface area (TPSA) is 65.7 Å². The maximum Gasteiger partial charge on any atom is 0.191 e. The first kappa shape index (κ1) is 21.1. The van der Waals surface area contributed by atoms with Gasteiger partial charge in [-0.05, 0) is 25.3 Å². The average Bonchev–Trinajstić information content (AvgIpc) is 3.29. The fraction of sp³-hybridized carbons (Fsp3) is 0.360. The number of piperidine rings is 1. The highest BCUT2D eigenvalue weighted by atomic mass is 16.5.